The van der Waals surface area contributed by atoms with Crippen molar-refractivity contribution in [2.24, 2.45) is 16.7 Å². The Kier molecular flexibility index (Phi) is 4.87. The molecule has 2 unspecified atom stereocenters. The van der Waals surface area contributed by atoms with Crippen LogP contribution in [-0.4, -0.2) is 29.2 Å². The van der Waals surface area contributed by atoms with Crippen molar-refractivity contribution in [3.05, 3.63) is 28.3 Å². The Morgan fingerprint density at radius 2 is 1.93 bits per heavy atom. The molecule has 1 saturated carbocycles. The van der Waals surface area contributed by atoms with Gasteiger partial charge in [0.25, 0.3) is 0 Å². The van der Waals surface area contributed by atoms with Crippen molar-refractivity contribution in [2.75, 3.05) is 11.9 Å². The molecule has 3 amide bonds. The van der Waals surface area contributed by atoms with Gasteiger partial charge in [-0.3, -0.25) is 19.3 Å². The maximum Gasteiger partial charge on any atom is 0.235 e. The molecule has 3 rings (SSSR count). The van der Waals surface area contributed by atoms with Gasteiger partial charge in [-0.05, 0) is 49.3 Å². The molecule has 2 bridgehead atoms. The molecule has 0 radical (unpaired) electrons. The molecule has 146 valence electrons. The van der Waals surface area contributed by atoms with Crippen LogP contribution in [0.4, 0.5) is 5.69 Å². The van der Waals surface area contributed by atoms with Gasteiger partial charge in [0.1, 0.15) is 0 Å². The topological polar surface area (TPSA) is 66.5 Å². The summed E-state index contributed by atoms with van der Waals surface area (Å²) in [5.74, 6) is -0.704. The summed E-state index contributed by atoms with van der Waals surface area (Å²) in [6.07, 6.45) is 1.51. The number of hydrogen-bond acceptors (Lipinski definition) is 3. The van der Waals surface area contributed by atoms with Gasteiger partial charge in [-0.25, -0.2) is 0 Å². The summed E-state index contributed by atoms with van der Waals surface area (Å²) in [4.78, 5) is 39.5. The standard InChI is InChI=1S/C21H27ClN2O3/c1-12-10-13(2)17(15(22)11-12)23-16(25)7-9-24-18(26)14-6-8-21(5,19(24)27)20(14,3)4/h10-11,14H,6-9H2,1-5H3,(H,23,25). The molecule has 5 nitrogen and oxygen atoms in total. The van der Waals surface area contributed by atoms with Crippen LogP contribution in [-0.2, 0) is 14.4 Å². The highest BCUT2D eigenvalue weighted by molar-refractivity contribution is 6.34. The molecule has 27 heavy (non-hydrogen) atoms. The van der Waals surface area contributed by atoms with Crippen LogP contribution in [0.5, 0.6) is 0 Å². The first-order chi connectivity index (χ1) is 12.5. The summed E-state index contributed by atoms with van der Waals surface area (Å²) in [6.45, 7) is 9.89. The van der Waals surface area contributed by atoms with Crippen molar-refractivity contribution < 1.29 is 14.4 Å². The van der Waals surface area contributed by atoms with Gasteiger partial charge in [0.2, 0.25) is 17.7 Å². The van der Waals surface area contributed by atoms with E-state index in [0.29, 0.717) is 10.7 Å². The van der Waals surface area contributed by atoms with Crippen molar-refractivity contribution in [1.82, 2.24) is 4.90 Å². The fourth-order valence-corrected chi connectivity index (χ4v) is 4.97. The Bertz CT molecular complexity index is 810. The minimum atomic E-state index is -0.543. The lowest BCUT2D eigenvalue weighted by Crippen LogP contribution is -2.59. The van der Waals surface area contributed by atoms with E-state index >= 15 is 0 Å². The van der Waals surface area contributed by atoms with Crippen molar-refractivity contribution in [2.45, 2.75) is 53.9 Å². The Balaban J connectivity index is 1.70. The molecule has 1 heterocycles. The van der Waals surface area contributed by atoms with Crippen molar-refractivity contribution in [3.8, 4) is 0 Å². The molecule has 2 atom stereocenters. The molecule has 2 fully saturated rings. The van der Waals surface area contributed by atoms with Crippen molar-refractivity contribution in [3.63, 3.8) is 0 Å². The van der Waals surface area contributed by atoms with Gasteiger partial charge in [0, 0.05) is 18.9 Å². The summed E-state index contributed by atoms with van der Waals surface area (Å²) in [5.41, 5.74) is 1.60. The van der Waals surface area contributed by atoms with Gasteiger partial charge in [0.15, 0.2) is 0 Å². The quantitative estimate of drug-likeness (QED) is 0.787. The fraction of sp³-hybridized carbons (Fsp3) is 0.571. The van der Waals surface area contributed by atoms with Gasteiger partial charge >= 0.3 is 0 Å². The monoisotopic (exact) mass is 390 g/mol. The van der Waals surface area contributed by atoms with E-state index in [0.717, 1.165) is 24.0 Å². The molecule has 2 aliphatic rings. The van der Waals surface area contributed by atoms with Crippen LogP contribution in [0.15, 0.2) is 12.1 Å². The second-order valence-corrected chi connectivity index (χ2v) is 9.08. The maximum atomic E-state index is 13.0. The van der Waals surface area contributed by atoms with E-state index in [9.17, 15) is 14.4 Å². The number of carbonyl (C=O) groups excluding carboxylic acids is 3. The molecule has 1 aliphatic carbocycles. The molecule has 0 spiro atoms. The number of imide groups is 1. The first kappa shape index (κ1) is 19.9. The average Bonchev–Trinajstić information content (AvgIpc) is 2.75. The van der Waals surface area contributed by atoms with Crippen molar-refractivity contribution >= 4 is 35.0 Å². The number of carbonyl (C=O) groups is 3. The molecule has 1 aliphatic heterocycles. The van der Waals surface area contributed by atoms with Crippen molar-refractivity contribution in [1.29, 1.82) is 0 Å². The van der Waals surface area contributed by atoms with Crippen LogP contribution in [0.3, 0.4) is 0 Å². The predicted octanol–water partition coefficient (Wildman–Crippen LogP) is 4.10. The third-order valence-corrected chi connectivity index (χ3v) is 7.06. The molecular formula is C21H27ClN2O3. The van der Waals surface area contributed by atoms with Crippen LogP contribution in [0.1, 0.15) is 51.2 Å². The second-order valence-electron chi connectivity index (χ2n) is 8.68. The van der Waals surface area contributed by atoms with E-state index in [-0.39, 0.29) is 42.0 Å². The van der Waals surface area contributed by atoms with Crippen LogP contribution in [0.25, 0.3) is 0 Å². The largest absolute Gasteiger partial charge is 0.324 e. The highest BCUT2D eigenvalue weighted by Crippen LogP contribution is 2.60. The zero-order valence-electron chi connectivity index (χ0n) is 16.6. The first-order valence-corrected chi connectivity index (χ1v) is 9.79. The normalized spacial score (nSPS) is 26.4. The fourth-order valence-electron chi connectivity index (χ4n) is 4.60. The number of nitrogens with zero attached hydrogens (tertiary/aromatic N) is 1. The van der Waals surface area contributed by atoms with Gasteiger partial charge in [-0.1, -0.05) is 38.4 Å². The number of rotatable bonds is 4. The van der Waals surface area contributed by atoms with Crippen LogP contribution < -0.4 is 5.32 Å². The predicted molar refractivity (Wildman–Crippen MR) is 106 cm³/mol. The Morgan fingerprint density at radius 3 is 2.56 bits per heavy atom. The number of aryl methyl sites for hydroxylation is 2. The molecule has 1 saturated heterocycles. The van der Waals surface area contributed by atoms with Crippen LogP contribution in [0, 0.1) is 30.6 Å². The van der Waals surface area contributed by atoms with E-state index in [1.54, 1.807) is 6.07 Å². The number of amides is 3. The van der Waals surface area contributed by atoms with Gasteiger partial charge in [-0.2, -0.15) is 0 Å². The summed E-state index contributed by atoms with van der Waals surface area (Å²) in [5, 5.41) is 3.30. The minimum absolute atomic E-state index is 0.0599. The smallest absolute Gasteiger partial charge is 0.235 e. The molecule has 0 aromatic heterocycles. The highest BCUT2D eigenvalue weighted by atomic mass is 35.5. The lowest BCUT2D eigenvalue weighted by atomic mass is 9.62. The zero-order valence-corrected chi connectivity index (χ0v) is 17.4. The van der Waals surface area contributed by atoms with Crippen LogP contribution >= 0.6 is 11.6 Å². The highest BCUT2D eigenvalue weighted by Gasteiger charge is 2.64. The van der Waals surface area contributed by atoms with E-state index in [1.807, 2.05) is 40.7 Å². The maximum absolute atomic E-state index is 13.0. The van der Waals surface area contributed by atoms with Gasteiger partial charge in [0.05, 0.1) is 16.1 Å². The Labute approximate surface area is 165 Å². The van der Waals surface area contributed by atoms with Crippen LogP contribution in [0.2, 0.25) is 5.02 Å². The van der Waals surface area contributed by atoms with Gasteiger partial charge < -0.3 is 5.32 Å². The summed E-state index contributed by atoms with van der Waals surface area (Å²) in [6, 6.07) is 3.74. The lowest BCUT2D eigenvalue weighted by molar-refractivity contribution is -0.167. The summed E-state index contributed by atoms with van der Waals surface area (Å²) < 4.78 is 0. The lowest BCUT2D eigenvalue weighted by Gasteiger charge is -2.47. The average molecular weight is 391 g/mol. The number of hydrogen-bond donors (Lipinski definition) is 1. The zero-order chi connectivity index (χ0) is 20.1. The SMILES string of the molecule is Cc1cc(C)c(NC(=O)CCN2C(=O)C3CCC(C)(C2=O)C3(C)C)c(Cl)c1. The third-order valence-electron chi connectivity index (χ3n) is 6.77. The van der Waals surface area contributed by atoms with E-state index in [4.69, 9.17) is 11.6 Å². The van der Waals surface area contributed by atoms with Gasteiger partial charge in [-0.15, -0.1) is 0 Å². The molecule has 1 N–H and O–H groups in total. The van der Waals surface area contributed by atoms with E-state index in [2.05, 4.69) is 5.32 Å². The Morgan fingerprint density at radius 1 is 1.26 bits per heavy atom. The molecular weight excluding hydrogens is 364 g/mol. The molecule has 1 aromatic rings. The summed E-state index contributed by atoms with van der Waals surface area (Å²) in [7, 11) is 0. The number of benzene rings is 1. The number of anilines is 1. The van der Waals surface area contributed by atoms with E-state index < -0.39 is 5.41 Å². The van der Waals surface area contributed by atoms with E-state index in [1.165, 1.54) is 4.90 Å². The first-order valence-electron chi connectivity index (χ1n) is 9.41. The molecule has 6 heteroatoms. The number of halogens is 1. The number of likely N-dealkylation sites (tertiary alicyclic amines) is 1. The number of fused-ring (bicyclic) bond motifs is 2. The number of nitrogens with one attached hydrogen (secondary N) is 1. The molecule has 1 aromatic carbocycles. The summed E-state index contributed by atoms with van der Waals surface area (Å²) >= 11 is 6.24. The Hall–Kier alpha value is -1.88. The number of piperidine rings is 1. The second kappa shape index (κ2) is 6.62. The third kappa shape index (κ3) is 3.06. The minimum Gasteiger partial charge on any atom is -0.324 e.